The highest BCUT2D eigenvalue weighted by atomic mass is 16.7. The summed E-state index contributed by atoms with van der Waals surface area (Å²) in [7, 11) is -0.291. The first kappa shape index (κ1) is 12.3. The zero-order chi connectivity index (χ0) is 12.5. The molecule has 90 valence electrons. The van der Waals surface area contributed by atoms with Crippen LogP contribution < -0.4 is 0 Å². The summed E-state index contributed by atoms with van der Waals surface area (Å²) in [5, 5.41) is 0. The molecule has 0 radical (unpaired) electrons. The van der Waals surface area contributed by atoms with Crippen molar-refractivity contribution >= 4 is 13.2 Å². The van der Waals surface area contributed by atoms with Gasteiger partial charge in [0.1, 0.15) is 0 Å². The molecule has 1 aliphatic rings. The van der Waals surface area contributed by atoms with Gasteiger partial charge in [0.15, 0.2) is 0 Å². The van der Waals surface area contributed by atoms with Gasteiger partial charge in [-0.3, -0.25) is 4.98 Å². The van der Waals surface area contributed by atoms with Crippen LogP contribution in [-0.2, 0) is 9.31 Å². The largest absolute Gasteiger partial charge is 0.487 e. The van der Waals surface area contributed by atoms with Gasteiger partial charge in [-0.15, -0.1) is 0 Å². The van der Waals surface area contributed by atoms with Crippen molar-refractivity contribution in [2.75, 3.05) is 0 Å². The van der Waals surface area contributed by atoms with Crippen LogP contribution in [0.15, 0.2) is 30.5 Å². The monoisotopic (exact) mass is 231 g/mol. The molecular formula is C13H18BNO2. The van der Waals surface area contributed by atoms with Gasteiger partial charge in [-0.05, 0) is 39.3 Å². The summed E-state index contributed by atoms with van der Waals surface area (Å²) in [5.74, 6) is 1.92. The van der Waals surface area contributed by atoms with Crippen molar-refractivity contribution < 1.29 is 9.31 Å². The van der Waals surface area contributed by atoms with E-state index in [0.29, 0.717) is 0 Å². The van der Waals surface area contributed by atoms with Crippen LogP contribution in [0.25, 0.3) is 6.08 Å². The predicted octanol–water partition coefficient (Wildman–Crippen LogP) is 2.73. The van der Waals surface area contributed by atoms with Crippen molar-refractivity contribution in [2.45, 2.75) is 38.9 Å². The van der Waals surface area contributed by atoms with Crippen molar-refractivity contribution in [3.05, 3.63) is 36.1 Å². The zero-order valence-corrected chi connectivity index (χ0v) is 10.8. The minimum atomic E-state index is -0.291. The molecule has 0 aromatic carbocycles. The number of hydrogen-bond acceptors (Lipinski definition) is 3. The van der Waals surface area contributed by atoms with Gasteiger partial charge >= 0.3 is 7.12 Å². The number of pyridine rings is 1. The summed E-state index contributed by atoms with van der Waals surface area (Å²) in [6, 6.07) is 3.90. The van der Waals surface area contributed by atoms with Crippen LogP contribution >= 0.6 is 0 Å². The first-order valence-electron chi connectivity index (χ1n) is 5.85. The molecule has 1 saturated heterocycles. The van der Waals surface area contributed by atoms with Gasteiger partial charge in [-0.25, -0.2) is 0 Å². The Labute approximate surface area is 103 Å². The van der Waals surface area contributed by atoms with Gasteiger partial charge < -0.3 is 9.31 Å². The highest BCUT2D eigenvalue weighted by molar-refractivity contribution is 6.52. The Morgan fingerprint density at radius 3 is 2.35 bits per heavy atom. The Morgan fingerprint density at radius 2 is 1.82 bits per heavy atom. The van der Waals surface area contributed by atoms with Crippen LogP contribution in [-0.4, -0.2) is 23.3 Å². The molecule has 0 atom stereocenters. The number of aromatic nitrogens is 1. The van der Waals surface area contributed by atoms with E-state index in [9.17, 15) is 0 Å². The minimum Gasteiger partial charge on any atom is -0.400 e. The summed E-state index contributed by atoms with van der Waals surface area (Å²) < 4.78 is 11.7. The lowest BCUT2D eigenvalue weighted by molar-refractivity contribution is 0.00578. The summed E-state index contributed by atoms with van der Waals surface area (Å²) in [5.41, 5.74) is 0.482. The molecule has 0 aliphatic carbocycles. The van der Waals surface area contributed by atoms with Gasteiger partial charge in [0.25, 0.3) is 0 Å². The van der Waals surface area contributed by atoms with Gasteiger partial charge in [-0.1, -0.05) is 18.1 Å². The molecule has 4 heteroatoms. The third-order valence-electron chi connectivity index (χ3n) is 3.40. The number of rotatable bonds is 2. The molecule has 1 aromatic rings. The maximum atomic E-state index is 5.86. The third kappa shape index (κ3) is 2.59. The fourth-order valence-corrected chi connectivity index (χ4v) is 1.63. The van der Waals surface area contributed by atoms with E-state index in [-0.39, 0.29) is 18.3 Å². The average Bonchev–Trinajstić information content (AvgIpc) is 2.46. The van der Waals surface area contributed by atoms with Crippen LogP contribution in [0.2, 0.25) is 0 Å². The van der Waals surface area contributed by atoms with Crippen molar-refractivity contribution in [2.24, 2.45) is 0 Å². The lowest BCUT2D eigenvalue weighted by Gasteiger charge is -2.32. The maximum absolute atomic E-state index is 5.86. The predicted molar refractivity (Wildman–Crippen MR) is 69.4 cm³/mol. The summed E-state index contributed by atoms with van der Waals surface area (Å²) in [4.78, 5) is 4.05. The summed E-state index contributed by atoms with van der Waals surface area (Å²) in [6.45, 7) is 8.19. The average molecular weight is 231 g/mol. The smallest absolute Gasteiger partial charge is 0.400 e. The van der Waals surface area contributed by atoms with Crippen molar-refractivity contribution in [1.82, 2.24) is 4.98 Å². The van der Waals surface area contributed by atoms with E-state index in [1.807, 2.05) is 58.1 Å². The Balaban J connectivity index is 2.06. The molecule has 17 heavy (non-hydrogen) atoms. The normalized spacial score (nSPS) is 22.2. The number of nitrogens with zero attached hydrogens (tertiary/aromatic N) is 1. The molecule has 1 fully saturated rings. The fourth-order valence-electron chi connectivity index (χ4n) is 1.63. The van der Waals surface area contributed by atoms with Crippen LogP contribution in [0.4, 0.5) is 0 Å². The van der Waals surface area contributed by atoms with Crippen LogP contribution in [0.1, 0.15) is 33.3 Å². The number of hydrogen-bond donors (Lipinski definition) is 0. The summed E-state index contributed by atoms with van der Waals surface area (Å²) in [6.07, 6.45) is 5.53. The molecule has 1 aliphatic heterocycles. The van der Waals surface area contributed by atoms with Crippen LogP contribution in [0.5, 0.6) is 0 Å². The molecule has 2 rings (SSSR count). The van der Waals surface area contributed by atoms with Crippen LogP contribution in [0.3, 0.4) is 0 Å². The molecule has 1 aromatic heterocycles. The molecule has 0 spiro atoms. The van der Waals surface area contributed by atoms with Gasteiger partial charge in [-0.2, -0.15) is 0 Å². The molecule has 0 unspecified atom stereocenters. The van der Waals surface area contributed by atoms with Crippen molar-refractivity contribution in [3.63, 3.8) is 0 Å². The first-order valence-corrected chi connectivity index (χ1v) is 5.85. The molecule has 0 N–H and O–H groups in total. The second kappa shape index (κ2) is 4.28. The third-order valence-corrected chi connectivity index (χ3v) is 3.40. The maximum Gasteiger partial charge on any atom is 0.487 e. The van der Waals surface area contributed by atoms with E-state index >= 15 is 0 Å². The van der Waals surface area contributed by atoms with Gasteiger partial charge in [0.2, 0.25) is 0 Å². The van der Waals surface area contributed by atoms with E-state index in [4.69, 9.17) is 9.31 Å². The Bertz CT molecular complexity index is 399. The highest BCUT2D eigenvalue weighted by Crippen LogP contribution is 2.36. The molecular weight excluding hydrogens is 213 g/mol. The summed E-state index contributed by atoms with van der Waals surface area (Å²) >= 11 is 0. The second-order valence-corrected chi connectivity index (χ2v) is 5.27. The van der Waals surface area contributed by atoms with Gasteiger partial charge in [0.05, 0.1) is 11.2 Å². The topological polar surface area (TPSA) is 31.4 Å². The van der Waals surface area contributed by atoms with E-state index in [1.54, 1.807) is 6.20 Å². The highest BCUT2D eigenvalue weighted by Gasteiger charge is 2.49. The van der Waals surface area contributed by atoms with E-state index in [2.05, 4.69) is 4.98 Å². The van der Waals surface area contributed by atoms with Crippen LogP contribution in [0, 0.1) is 0 Å². The molecule has 0 amide bonds. The van der Waals surface area contributed by atoms with E-state index in [1.165, 1.54) is 0 Å². The van der Waals surface area contributed by atoms with E-state index < -0.39 is 0 Å². The Hall–Kier alpha value is -1.13. The van der Waals surface area contributed by atoms with E-state index in [0.717, 1.165) is 5.56 Å². The lowest BCUT2D eigenvalue weighted by atomic mass is 9.89. The Morgan fingerprint density at radius 1 is 1.18 bits per heavy atom. The van der Waals surface area contributed by atoms with Gasteiger partial charge in [0, 0.05) is 12.4 Å². The lowest BCUT2D eigenvalue weighted by Crippen LogP contribution is -2.41. The molecule has 3 nitrogen and oxygen atoms in total. The SMILES string of the molecule is CC1(C)OB(/C=C/c2cccnc2)OC1(C)C. The second-order valence-electron chi connectivity index (χ2n) is 5.27. The van der Waals surface area contributed by atoms with Crippen molar-refractivity contribution in [1.29, 1.82) is 0 Å². The quantitative estimate of drug-likeness (QED) is 0.733. The Kier molecular flexibility index (Phi) is 3.10. The first-order chi connectivity index (χ1) is 7.91. The zero-order valence-electron chi connectivity index (χ0n) is 10.8. The molecule has 0 saturated carbocycles. The fraction of sp³-hybridized carbons (Fsp3) is 0.462. The molecule has 2 heterocycles. The molecule has 0 bridgehead atoms. The minimum absolute atomic E-state index is 0.281. The standard InChI is InChI=1S/C13H18BNO2/c1-12(2)13(3,4)17-14(16-12)8-7-11-6-5-9-15-10-11/h5-10H,1-4H3/b8-7+. The van der Waals surface area contributed by atoms with Crippen molar-refractivity contribution in [3.8, 4) is 0 Å².